The Hall–Kier alpha value is -3.77. The molecular formula is C27H21ClN2O4. The molecule has 2 heterocycles. The first kappa shape index (κ1) is 22.0. The molecule has 1 amide bonds. The lowest BCUT2D eigenvalue weighted by Crippen LogP contribution is -2.41. The fraction of sp³-hybridized carbons (Fsp3) is 0.185. The zero-order valence-corrected chi connectivity index (χ0v) is 18.9. The second-order valence-electron chi connectivity index (χ2n) is 8.54. The number of Topliss-reactive ketones (excluding diaryl/α,β-unsaturated/α-hetero) is 1. The zero-order chi connectivity index (χ0) is 23.8. The Morgan fingerprint density at radius 1 is 0.941 bits per heavy atom. The molecular weight excluding hydrogens is 452 g/mol. The Labute approximate surface area is 201 Å². The lowest BCUT2D eigenvalue weighted by molar-refractivity contribution is -0.120. The number of aromatic nitrogens is 1. The Morgan fingerprint density at radius 2 is 1.68 bits per heavy atom. The molecule has 0 saturated carbocycles. The van der Waals surface area contributed by atoms with Gasteiger partial charge < -0.3 is 5.11 Å². The van der Waals surface area contributed by atoms with Gasteiger partial charge >= 0.3 is 5.97 Å². The second kappa shape index (κ2) is 8.88. The van der Waals surface area contributed by atoms with Crippen LogP contribution in [0.25, 0.3) is 0 Å². The van der Waals surface area contributed by atoms with E-state index in [0.29, 0.717) is 29.8 Å². The van der Waals surface area contributed by atoms with Crippen LogP contribution in [0.3, 0.4) is 0 Å². The van der Waals surface area contributed by atoms with Crippen molar-refractivity contribution in [3.05, 3.63) is 106 Å². The standard InChI is InChI=1S/C27H21ClN2O4/c28-22-7-6-19(14-21(22)27(33)34)30-23-12-18(16-4-2-1-3-5-16)13-24(31)26(23)20(15-25(30)32)17-8-10-29-11-9-17/h1-11,14,18,20H,12-13,15H2,(H,33,34). The normalized spacial score (nSPS) is 20.3. The first-order valence-electron chi connectivity index (χ1n) is 11.0. The Balaban J connectivity index is 1.67. The maximum absolute atomic E-state index is 13.6. The van der Waals surface area contributed by atoms with Crippen molar-refractivity contribution in [3.63, 3.8) is 0 Å². The third-order valence-electron chi connectivity index (χ3n) is 6.55. The minimum absolute atomic E-state index is 0.00170. The highest BCUT2D eigenvalue weighted by molar-refractivity contribution is 6.33. The number of rotatable bonds is 4. The van der Waals surface area contributed by atoms with Crippen LogP contribution in [0.1, 0.15) is 52.6 Å². The lowest BCUT2D eigenvalue weighted by Gasteiger charge is -2.40. The molecule has 0 radical (unpaired) electrons. The van der Waals surface area contributed by atoms with Gasteiger partial charge in [0.15, 0.2) is 5.78 Å². The summed E-state index contributed by atoms with van der Waals surface area (Å²) in [4.78, 5) is 44.4. The topological polar surface area (TPSA) is 87.6 Å². The first-order chi connectivity index (χ1) is 16.4. The molecule has 2 unspecified atom stereocenters. The lowest BCUT2D eigenvalue weighted by atomic mass is 9.73. The van der Waals surface area contributed by atoms with Gasteiger partial charge in [-0.3, -0.25) is 19.5 Å². The van der Waals surface area contributed by atoms with E-state index in [1.54, 1.807) is 18.5 Å². The van der Waals surface area contributed by atoms with Gasteiger partial charge in [0.25, 0.3) is 0 Å². The molecule has 1 aromatic heterocycles. The quantitative estimate of drug-likeness (QED) is 0.552. The van der Waals surface area contributed by atoms with E-state index in [2.05, 4.69) is 4.98 Å². The molecule has 0 fully saturated rings. The third kappa shape index (κ3) is 3.90. The van der Waals surface area contributed by atoms with Crippen molar-refractivity contribution in [1.29, 1.82) is 0 Å². The van der Waals surface area contributed by atoms with Crippen LogP contribution in [-0.4, -0.2) is 27.8 Å². The number of carboxylic acids is 1. The number of halogens is 1. The molecule has 1 N–H and O–H groups in total. The van der Waals surface area contributed by atoms with Crippen LogP contribution in [0.2, 0.25) is 5.02 Å². The van der Waals surface area contributed by atoms with Gasteiger partial charge in [0.05, 0.1) is 10.6 Å². The molecule has 1 aliphatic carbocycles. The smallest absolute Gasteiger partial charge is 0.337 e. The largest absolute Gasteiger partial charge is 0.478 e. The Morgan fingerprint density at radius 3 is 2.38 bits per heavy atom. The molecule has 0 spiro atoms. The van der Waals surface area contributed by atoms with Crippen molar-refractivity contribution in [3.8, 4) is 0 Å². The number of allylic oxidation sites excluding steroid dienone is 2. The number of hydrogen-bond donors (Lipinski definition) is 1. The number of aromatic carboxylic acids is 1. The minimum atomic E-state index is -1.18. The van der Waals surface area contributed by atoms with Crippen LogP contribution in [0.15, 0.2) is 84.3 Å². The average Bonchev–Trinajstić information content (AvgIpc) is 2.85. The van der Waals surface area contributed by atoms with E-state index in [1.165, 1.54) is 17.0 Å². The second-order valence-corrected chi connectivity index (χ2v) is 8.94. The molecule has 6 nitrogen and oxygen atoms in total. The summed E-state index contributed by atoms with van der Waals surface area (Å²) in [5.41, 5.74) is 3.44. The van der Waals surface area contributed by atoms with Gasteiger partial charge in [0, 0.05) is 48.1 Å². The molecule has 2 aliphatic rings. The van der Waals surface area contributed by atoms with E-state index in [0.717, 1.165) is 11.1 Å². The SMILES string of the molecule is O=C1CC(c2ccccc2)CC2=C1C(c1ccncc1)CC(=O)N2c1ccc(Cl)c(C(=O)O)c1. The van der Waals surface area contributed by atoms with Gasteiger partial charge in [-0.2, -0.15) is 0 Å². The van der Waals surface area contributed by atoms with Crippen molar-refractivity contribution in [2.24, 2.45) is 0 Å². The minimum Gasteiger partial charge on any atom is -0.478 e. The fourth-order valence-corrected chi connectivity index (χ4v) is 5.19. The Kier molecular flexibility index (Phi) is 5.75. The van der Waals surface area contributed by atoms with E-state index < -0.39 is 5.97 Å². The monoisotopic (exact) mass is 472 g/mol. The predicted octanol–water partition coefficient (Wildman–Crippen LogP) is 5.35. The van der Waals surface area contributed by atoms with Gasteiger partial charge in [0.2, 0.25) is 5.91 Å². The van der Waals surface area contributed by atoms with Crippen LogP contribution in [0, 0.1) is 0 Å². The summed E-state index contributed by atoms with van der Waals surface area (Å²) in [6, 6.07) is 17.9. The first-order valence-corrected chi connectivity index (χ1v) is 11.4. The number of ketones is 1. The average molecular weight is 473 g/mol. The third-order valence-corrected chi connectivity index (χ3v) is 6.88. The number of carbonyl (C=O) groups excluding carboxylic acids is 2. The van der Waals surface area contributed by atoms with Crippen LogP contribution in [0.4, 0.5) is 5.69 Å². The predicted molar refractivity (Wildman–Crippen MR) is 128 cm³/mol. The number of carbonyl (C=O) groups is 3. The van der Waals surface area contributed by atoms with Crippen LogP contribution in [-0.2, 0) is 9.59 Å². The van der Waals surface area contributed by atoms with Gasteiger partial charge in [-0.25, -0.2) is 4.79 Å². The summed E-state index contributed by atoms with van der Waals surface area (Å²) in [6.07, 6.45) is 4.27. The fourth-order valence-electron chi connectivity index (χ4n) is 4.99. The molecule has 0 bridgehead atoms. The molecule has 5 rings (SSSR count). The number of pyridine rings is 1. The molecule has 0 saturated heterocycles. The summed E-state index contributed by atoms with van der Waals surface area (Å²) in [5.74, 6) is -1.81. The van der Waals surface area contributed by atoms with Crippen LogP contribution in [0.5, 0.6) is 0 Å². The van der Waals surface area contributed by atoms with Crippen molar-refractivity contribution in [1.82, 2.24) is 4.98 Å². The number of hydrogen-bond acceptors (Lipinski definition) is 4. The number of amides is 1. The van der Waals surface area contributed by atoms with Crippen molar-refractivity contribution in [2.75, 3.05) is 4.90 Å². The molecule has 3 aromatic rings. The highest BCUT2D eigenvalue weighted by Crippen LogP contribution is 2.47. The van der Waals surface area contributed by atoms with Crippen molar-refractivity contribution in [2.45, 2.75) is 31.1 Å². The highest BCUT2D eigenvalue weighted by Gasteiger charge is 2.42. The molecule has 2 atom stereocenters. The van der Waals surface area contributed by atoms with Crippen molar-refractivity contribution < 1.29 is 19.5 Å². The van der Waals surface area contributed by atoms with E-state index in [9.17, 15) is 19.5 Å². The summed E-state index contributed by atoms with van der Waals surface area (Å²) < 4.78 is 0. The summed E-state index contributed by atoms with van der Waals surface area (Å²) in [6.45, 7) is 0. The maximum atomic E-state index is 13.6. The summed E-state index contributed by atoms with van der Waals surface area (Å²) in [5, 5.41) is 9.64. The van der Waals surface area contributed by atoms with E-state index >= 15 is 0 Å². The summed E-state index contributed by atoms with van der Waals surface area (Å²) in [7, 11) is 0. The number of benzene rings is 2. The van der Waals surface area contributed by atoms with Gasteiger partial charge in [-0.15, -0.1) is 0 Å². The molecule has 1 aliphatic heterocycles. The van der Waals surface area contributed by atoms with Gasteiger partial charge in [-0.05, 0) is 53.8 Å². The Bertz CT molecular complexity index is 1320. The van der Waals surface area contributed by atoms with Crippen LogP contribution >= 0.6 is 11.6 Å². The number of carboxylic acid groups (broad SMARTS) is 1. The zero-order valence-electron chi connectivity index (χ0n) is 18.1. The van der Waals surface area contributed by atoms with Crippen molar-refractivity contribution >= 4 is 34.9 Å². The molecule has 34 heavy (non-hydrogen) atoms. The van der Waals surface area contributed by atoms with Gasteiger partial charge in [-0.1, -0.05) is 41.9 Å². The van der Waals surface area contributed by atoms with Crippen LogP contribution < -0.4 is 4.90 Å². The molecule has 7 heteroatoms. The highest BCUT2D eigenvalue weighted by atomic mass is 35.5. The summed E-state index contributed by atoms with van der Waals surface area (Å²) >= 11 is 6.08. The number of nitrogens with zero attached hydrogens (tertiary/aromatic N) is 2. The van der Waals surface area contributed by atoms with E-state index in [-0.39, 0.29) is 40.5 Å². The van der Waals surface area contributed by atoms with Gasteiger partial charge in [0.1, 0.15) is 0 Å². The number of anilines is 1. The molecule has 170 valence electrons. The maximum Gasteiger partial charge on any atom is 0.337 e. The van der Waals surface area contributed by atoms with E-state index in [1.807, 2.05) is 42.5 Å². The molecule has 2 aromatic carbocycles. The van der Waals surface area contributed by atoms with E-state index in [4.69, 9.17) is 11.6 Å².